The SMILES string of the molecule is CN(C)CCCNc1cnccc1Nc1cc(-c2ccccc2F)nc2ccccc12. The van der Waals surface area contributed by atoms with E-state index < -0.39 is 0 Å². The van der Waals surface area contributed by atoms with Crippen molar-refractivity contribution in [1.82, 2.24) is 14.9 Å². The third kappa shape index (κ3) is 4.98. The van der Waals surface area contributed by atoms with E-state index in [4.69, 9.17) is 4.98 Å². The lowest BCUT2D eigenvalue weighted by Gasteiger charge is -2.16. The van der Waals surface area contributed by atoms with Crippen LogP contribution in [0.4, 0.5) is 21.5 Å². The van der Waals surface area contributed by atoms with E-state index in [1.54, 1.807) is 18.3 Å². The predicted octanol–water partition coefficient (Wildman–Crippen LogP) is 5.54. The molecule has 158 valence electrons. The standard InChI is InChI=1S/C25H26FN5/c1-31(2)15-7-13-28-25-17-27-14-12-22(25)30-24-16-23(18-8-3-5-10-20(18)26)29-21-11-6-4-9-19(21)24/h3-6,8-12,14,16-17,28H,7,13,15H2,1-2H3,(H,27,29,30). The number of anilines is 3. The summed E-state index contributed by atoms with van der Waals surface area (Å²) in [5.41, 5.74) is 4.58. The zero-order valence-corrected chi connectivity index (χ0v) is 17.8. The zero-order valence-electron chi connectivity index (χ0n) is 17.8. The molecule has 4 aromatic rings. The predicted molar refractivity (Wildman–Crippen MR) is 126 cm³/mol. The third-order valence-electron chi connectivity index (χ3n) is 5.05. The normalized spacial score (nSPS) is 11.1. The second-order valence-corrected chi connectivity index (χ2v) is 7.68. The minimum Gasteiger partial charge on any atom is -0.382 e. The maximum atomic E-state index is 14.4. The van der Waals surface area contributed by atoms with Crippen LogP contribution in [0, 0.1) is 5.82 Å². The number of nitrogens with one attached hydrogen (secondary N) is 2. The molecular formula is C25H26FN5. The Morgan fingerprint density at radius 1 is 0.935 bits per heavy atom. The Morgan fingerprint density at radius 2 is 1.74 bits per heavy atom. The van der Waals surface area contributed by atoms with Crippen LogP contribution in [-0.4, -0.2) is 42.1 Å². The Bertz CT molecular complexity index is 1180. The van der Waals surface area contributed by atoms with Crippen LogP contribution >= 0.6 is 0 Å². The average molecular weight is 416 g/mol. The molecule has 0 saturated carbocycles. The number of para-hydroxylation sites is 1. The van der Waals surface area contributed by atoms with Crippen molar-refractivity contribution in [3.63, 3.8) is 0 Å². The number of aromatic nitrogens is 2. The van der Waals surface area contributed by atoms with Crippen molar-refractivity contribution in [2.75, 3.05) is 37.8 Å². The number of nitrogens with zero attached hydrogens (tertiary/aromatic N) is 3. The number of hydrogen-bond acceptors (Lipinski definition) is 5. The number of rotatable bonds is 8. The molecule has 0 aliphatic carbocycles. The van der Waals surface area contributed by atoms with E-state index in [0.717, 1.165) is 47.5 Å². The summed E-state index contributed by atoms with van der Waals surface area (Å²) < 4.78 is 14.4. The molecule has 4 rings (SSSR count). The van der Waals surface area contributed by atoms with E-state index in [1.807, 2.05) is 48.7 Å². The summed E-state index contributed by atoms with van der Waals surface area (Å²) >= 11 is 0. The third-order valence-corrected chi connectivity index (χ3v) is 5.05. The van der Waals surface area contributed by atoms with E-state index in [0.29, 0.717) is 11.3 Å². The molecule has 2 heterocycles. The molecule has 0 fully saturated rings. The van der Waals surface area contributed by atoms with Gasteiger partial charge in [0.05, 0.1) is 34.5 Å². The Morgan fingerprint density at radius 3 is 2.58 bits per heavy atom. The van der Waals surface area contributed by atoms with Gasteiger partial charge in [-0.05, 0) is 57.4 Å². The molecule has 0 saturated heterocycles. The fraction of sp³-hybridized carbons (Fsp3) is 0.200. The first-order valence-corrected chi connectivity index (χ1v) is 10.4. The van der Waals surface area contributed by atoms with Crippen LogP contribution in [0.25, 0.3) is 22.2 Å². The molecule has 0 unspecified atom stereocenters. The van der Waals surface area contributed by atoms with Crippen molar-refractivity contribution in [3.8, 4) is 11.3 Å². The van der Waals surface area contributed by atoms with E-state index in [9.17, 15) is 4.39 Å². The Hall–Kier alpha value is -3.51. The highest BCUT2D eigenvalue weighted by atomic mass is 19.1. The monoisotopic (exact) mass is 415 g/mol. The highest BCUT2D eigenvalue weighted by Crippen LogP contribution is 2.33. The van der Waals surface area contributed by atoms with Gasteiger partial charge in [0.1, 0.15) is 5.82 Å². The summed E-state index contributed by atoms with van der Waals surface area (Å²) in [7, 11) is 4.14. The molecule has 0 aliphatic heterocycles. The average Bonchev–Trinajstić information content (AvgIpc) is 2.78. The molecular weight excluding hydrogens is 389 g/mol. The molecule has 0 radical (unpaired) electrons. The first-order valence-electron chi connectivity index (χ1n) is 10.4. The molecule has 31 heavy (non-hydrogen) atoms. The Kier molecular flexibility index (Phi) is 6.38. The van der Waals surface area contributed by atoms with Crippen molar-refractivity contribution >= 4 is 28.0 Å². The summed E-state index contributed by atoms with van der Waals surface area (Å²) in [6.45, 7) is 1.85. The highest BCUT2D eigenvalue weighted by molar-refractivity contribution is 5.96. The van der Waals surface area contributed by atoms with Gasteiger partial charge in [-0.25, -0.2) is 9.37 Å². The molecule has 0 bridgehead atoms. The van der Waals surface area contributed by atoms with Crippen molar-refractivity contribution in [2.24, 2.45) is 0 Å². The Labute approximate surface area is 182 Å². The highest BCUT2D eigenvalue weighted by Gasteiger charge is 2.12. The molecule has 2 aromatic heterocycles. The van der Waals surface area contributed by atoms with Gasteiger partial charge in [-0.3, -0.25) is 4.98 Å². The number of fused-ring (bicyclic) bond motifs is 1. The van der Waals surface area contributed by atoms with E-state index in [-0.39, 0.29) is 5.82 Å². The van der Waals surface area contributed by atoms with E-state index >= 15 is 0 Å². The minimum absolute atomic E-state index is 0.289. The molecule has 2 aromatic carbocycles. The van der Waals surface area contributed by atoms with Crippen molar-refractivity contribution in [2.45, 2.75) is 6.42 Å². The molecule has 2 N–H and O–H groups in total. The lowest BCUT2D eigenvalue weighted by Crippen LogP contribution is -2.16. The van der Waals surface area contributed by atoms with E-state index in [1.165, 1.54) is 6.07 Å². The van der Waals surface area contributed by atoms with Gasteiger partial charge in [-0.2, -0.15) is 0 Å². The van der Waals surface area contributed by atoms with Gasteiger partial charge in [0.15, 0.2) is 0 Å². The van der Waals surface area contributed by atoms with Crippen LogP contribution in [0.15, 0.2) is 73.1 Å². The number of hydrogen-bond donors (Lipinski definition) is 2. The van der Waals surface area contributed by atoms with Gasteiger partial charge < -0.3 is 15.5 Å². The lowest BCUT2D eigenvalue weighted by atomic mass is 10.1. The van der Waals surface area contributed by atoms with Crippen LogP contribution in [-0.2, 0) is 0 Å². The summed E-state index contributed by atoms with van der Waals surface area (Å²) in [5, 5.41) is 7.95. The summed E-state index contributed by atoms with van der Waals surface area (Å²) in [6, 6.07) is 18.4. The van der Waals surface area contributed by atoms with Crippen molar-refractivity contribution in [3.05, 3.63) is 78.9 Å². The quantitative estimate of drug-likeness (QED) is 0.370. The van der Waals surface area contributed by atoms with Gasteiger partial charge in [0, 0.05) is 23.7 Å². The van der Waals surface area contributed by atoms with Gasteiger partial charge in [0.2, 0.25) is 0 Å². The van der Waals surface area contributed by atoms with Gasteiger partial charge >= 0.3 is 0 Å². The fourth-order valence-corrected chi connectivity index (χ4v) is 3.49. The topological polar surface area (TPSA) is 53.1 Å². The largest absolute Gasteiger partial charge is 0.382 e. The number of halogens is 1. The maximum absolute atomic E-state index is 14.4. The second-order valence-electron chi connectivity index (χ2n) is 7.68. The number of benzene rings is 2. The second kappa shape index (κ2) is 9.53. The first kappa shape index (κ1) is 20.8. The molecule has 0 atom stereocenters. The van der Waals surface area contributed by atoms with Gasteiger partial charge in [-0.1, -0.05) is 30.3 Å². The zero-order chi connectivity index (χ0) is 21.6. The molecule has 5 nitrogen and oxygen atoms in total. The summed E-state index contributed by atoms with van der Waals surface area (Å²) in [4.78, 5) is 11.1. The summed E-state index contributed by atoms with van der Waals surface area (Å²) in [5.74, 6) is -0.289. The van der Waals surface area contributed by atoms with Crippen LogP contribution < -0.4 is 10.6 Å². The maximum Gasteiger partial charge on any atom is 0.132 e. The number of pyridine rings is 2. The van der Waals surface area contributed by atoms with Crippen molar-refractivity contribution < 1.29 is 4.39 Å². The first-order chi connectivity index (χ1) is 15.1. The van der Waals surface area contributed by atoms with Crippen LogP contribution in [0.5, 0.6) is 0 Å². The fourth-order valence-electron chi connectivity index (χ4n) is 3.49. The van der Waals surface area contributed by atoms with Gasteiger partial charge in [0.25, 0.3) is 0 Å². The summed E-state index contributed by atoms with van der Waals surface area (Å²) in [6.07, 6.45) is 4.60. The van der Waals surface area contributed by atoms with E-state index in [2.05, 4.69) is 34.6 Å². The molecule has 0 spiro atoms. The van der Waals surface area contributed by atoms with Gasteiger partial charge in [-0.15, -0.1) is 0 Å². The Balaban J connectivity index is 1.68. The van der Waals surface area contributed by atoms with Crippen molar-refractivity contribution in [1.29, 1.82) is 0 Å². The smallest absolute Gasteiger partial charge is 0.132 e. The lowest BCUT2D eigenvalue weighted by molar-refractivity contribution is 0.405. The van der Waals surface area contributed by atoms with Crippen LogP contribution in [0.2, 0.25) is 0 Å². The molecule has 0 aliphatic rings. The van der Waals surface area contributed by atoms with Crippen LogP contribution in [0.1, 0.15) is 6.42 Å². The minimum atomic E-state index is -0.289. The molecule has 6 heteroatoms. The van der Waals surface area contributed by atoms with Crippen LogP contribution in [0.3, 0.4) is 0 Å². The molecule has 0 amide bonds.